The van der Waals surface area contributed by atoms with Crippen molar-refractivity contribution in [1.82, 2.24) is 4.98 Å². The summed E-state index contributed by atoms with van der Waals surface area (Å²) in [4.78, 5) is 5.43. The summed E-state index contributed by atoms with van der Waals surface area (Å²) in [5, 5.41) is 5.02. The number of nitrogens with one attached hydrogen (secondary N) is 1. The monoisotopic (exact) mass is 310 g/mol. The first-order chi connectivity index (χ1) is 9.72. The fourth-order valence-corrected chi connectivity index (χ4v) is 2.76. The molecule has 20 heavy (non-hydrogen) atoms. The lowest BCUT2D eigenvalue weighted by molar-refractivity contribution is 0.309. The average molecular weight is 311 g/mol. The van der Waals surface area contributed by atoms with Crippen molar-refractivity contribution in [1.29, 1.82) is 0 Å². The summed E-state index contributed by atoms with van der Waals surface area (Å²) in [6.07, 6.45) is 3.86. The van der Waals surface area contributed by atoms with Crippen molar-refractivity contribution in [3.8, 4) is 5.75 Å². The Bertz CT molecular complexity index is 557. The van der Waals surface area contributed by atoms with E-state index in [4.69, 9.17) is 16.3 Å². The number of aryl methyl sites for hydroxylation is 1. The van der Waals surface area contributed by atoms with Gasteiger partial charge in [0.15, 0.2) is 5.13 Å². The van der Waals surface area contributed by atoms with Gasteiger partial charge in [0.2, 0.25) is 0 Å². The van der Waals surface area contributed by atoms with Crippen molar-refractivity contribution in [3.05, 3.63) is 39.9 Å². The second-order valence-corrected chi connectivity index (χ2v) is 5.98. The summed E-state index contributed by atoms with van der Waals surface area (Å²) in [5.74, 6) is 0.850. The lowest BCUT2D eigenvalue weighted by atomic mass is 10.1. The van der Waals surface area contributed by atoms with Crippen molar-refractivity contribution >= 4 is 28.1 Å². The number of hydrogen-bond acceptors (Lipinski definition) is 4. The largest absolute Gasteiger partial charge is 0.488 e. The SMILES string of the molecule is CCCNc1ncc(COc2ccc(Cl)c(CC)c2)s1. The number of aromatic nitrogens is 1. The molecule has 3 nitrogen and oxygen atoms in total. The fraction of sp³-hybridized carbons (Fsp3) is 0.400. The Hall–Kier alpha value is -1.26. The van der Waals surface area contributed by atoms with Crippen molar-refractivity contribution < 1.29 is 4.74 Å². The van der Waals surface area contributed by atoms with E-state index in [1.165, 1.54) is 0 Å². The second-order valence-electron chi connectivity index (χ2n) is 4.45. The highest BCUT2D eigenvalue weighted by atomic mass is 35.5. The van der Waals surface area contributed by atoms with Gasteiger partial charge in [-0.25, -0.2) is 4.98 Å². The van der Waals surface area contributed by atoms with E-state index in [0.29, 0.717) is 6.61 Å². The van der Waals surface area contributed by atoms with Gasteiger partial charge in [0.1, 0.15) is 12.4 Å². The fourth-order valence-electron chi connectivity index (χ4n) is 1.75. The van der Waals surface area contributed by atoms with Crippen molar-refractivity contribution in [2.75, 3.05) is 11.9 Å². The highest BCUT2D eigenvalue weighted by Gasteiger charge is 2.04. The van der Waals surface area contributed by atoms with E-state index in [-0.39, 0.29) is 0 Å². The number of nitrogens with zero attached hydrogens (tertiary/aromatic N) is 1. The minimum absolute atomic E-state index is 0.538. The van der Waals surface area contributed by atoms with Crippen LogP contribution < -0.4 is 10.1 Å². The third-order valence-electron chi connectivity index (χ3n) is 2.86. The predicted molar refractivity (Wildman–Crippen MR) is 86.1 cm³/mol. The zero-order valence-electron chi connectivity index (χ0n) is 11.8. The van der Waals surface area contributed by atoms with Crippen molar-refractivity contribution in [2.45, 2.75) is 33.3 Å². The lowest BCUT2D eigenvalue weighted by Gasteiger charge is -2.07. The van der Waals surface area contributed by atoms with E-state index in [9.17, 15) is 0 Å². The third-order valence-corrected chi connectivity index (χ3v) is 4.16. The van der Waals surface area contributed by atoms with Crippen LogP contribution in [0.2, 0.25) is 5.02 Å². The molecule has 0 saturated carbocycles. The van der Waals surface area contributed by atoms with Gasteiger partial charge in [-0.1, -0.05) is 36.8 Å². The number of hydrogen-bond donors (Lipinski definition) is 1. The van der Waals surface area contributed by atoms with Gasteiger partial charge in [-0.2, -0.15) is 0 Å². The molecule has 5 heteroatoms. The first kappa shape index (κ1) is 15.1. The molecule has 0 aliphatic rings. The summed E-state index contributed by atoms with van der Waals surface area (Å²) >= 11 is 7.73. The molecule has 1 aromatic carbocycles. The molecule has 1 N–H and O–H groups in total. The molecule has 2 rings (SSSR count). The molecule has 2 aromatic rings. The summed E-state index contributed by atoms with van der Waals surface area (Å²) < 4.78 is 5.79. The van der Waals surface area contributed by atoms with Crippen LogP contribution in [0.3, 0.4) is 0 Å². The maximum absolute atomic E-state index is 6.09. The molecule has 108 valence electrons. The van der Waals surface area contributed by atoms with Gasteiger partial charge in [-0.15, -0.1) is 0 Å². The topological polar surface area (TPSA) is 34.2 Å². The quantitative estimate of drug-likeness (QED) is 0.800. The summed E-state index contributed by atoms with van der Waals surface area (Å²) in [5.41, 5.74) is 1.11. The van der Waals surface area contributed by atoms with Crippen LogP contribution >= 0.6 is 22.9 Å². The Kier molecular flexibility index (Phi) is 5.68. The highest BCUT2D eigenvalue weighted by Crippen LogP contribution is 2.24. The van der Waals surface area contributed by atoms with Gasteiger partial charge in [0.05, 0.1) is 4.88 Å². The summed E-state index contributed by atoms with van der Waals surface area (Å²) in [6, 6.07) is 5.79. The zero-order valence-corrected chi connectivity index (χ0v) is 13.4. The molecule has 0 radical (unpaired) electrons. The highest BCUT2D eigenvalue weighted by molar-refractivity contribution is 7.15. The van der Waals surface area contributed by atoms with Crippen LogP contribution in [-0.4, -0.2) is 11.5 Å². The normalized spacial score (nSPS) is 10.6. The summed E-state index contributed by atoms with van der Waals surface area (Å²) in [7, 11) is 0. The smallest absolute Gasteiger partial charge is 0.182 e. The molecule has 0 saturated heterocycles. The molecule has 0 unspecified atom stereocenters. The van der Waals surface area contributed by atoms with E-state index in [2.05, 4.69) is 24.1 Å². The second kappa shape index (κ2) is 7.50. The maximum Gasteiger partial charge on any atom is 0.182 e. The molecule has 0 spiro atoms. The van der Waals surface area contributed by atoms with E-state index in [1.54, 1.807) is 11.3 Å². The Balaban J connectivity index is 1.93. The molecule has 1 heterocycles. The Labute approximate surface area is 129 Å². The van der Waals surface area contributed by atoms with Gasteiger partial charge in [0.25, 0.3) is 0 Å². The minimum atomic E-state index is 0.538. The zero-order chi connectivity index (χ0) is 14.4. The van der Waals surface area contributed by atoms with Gasteiger partial charge in [-0.3, -0.25) is 0 Å². The van der Waals surface area contributed by atoms with Crippen LogP contribution in [0.25, 0.3) is 0 Å². The molecular weight excluding hydrogens is 292 g/mol. The third kappa shape index (κ3) is 4.12. The number of anilines is 1. The minimum Gasteiger partial charge on any atom is -0.488 e. The standard InChI is InChI=1S/C15H19ClN2OS/c1-3-7-17-15-18-9-13(20-15)10-19-12-5-6-14(16)11(4-2)8-12/h5-6,8-9H,3-4,7,10H2,1-2H3,(H,17,18). The molecule has 0 aliphatic carbocycles. The molecule has 0 amide bonds. The first-order valence-corrected chi connectivity index (χ1v) is 8.02. The Morgan fingerprint density at radius 2 is 2.20 bits per heavy atom. The van der Waals surface area contributed by atoms with E-state index in [1.807, 2.05) is 24.4 Å². The molecule has 0 bridgehead atoms. The van der Waals surface area contributed by atoms with E-state index in [0.717, 1.165) is 45.7 Å². The summed E-state index contributed by atoms with van der Waals surface area (Å²) in [6.45, 7) is 5.71. The van der Waals surface area contributed by atoms with Crippen molar-refractivity contribution in [2.24, 2.45) is 0 Å². The number of halogens is 1. The molecular formula is C15H19ClN2OS. The first-order valence-electron chi connectivity index (χ1n) is 6.82. The Morgan fingerprint density at radius 3 is 2.95 bits per heavy atom. The molecule has 0 fully saturated rings. The molecule has 1 aromatic heterocycles. The molecule has 0 atom stereocenters. The Morgan fingerprint density at radius 1 is 1.35 bits per heavy atom. The number of ether oxygens (including phenoxy) is 1. The van der Waals surface area contributed by atoms with Crippen LogP contribution in [0.15, 0.2) is 24.4 Å². The van der Waals surface area contributed by atoms with Crippen LogP contribution in [0.1, 0.15) is 30.7 Å². The van der Waals surface area contributed by atoms with Gasteiger partial charge >= 0.3 is 0 Å². The lowest BCUT2D eigenvalue weighted by Crippen LogP contribution is -1.98. The molecule has 0 aliphatic heterocycles. The van der Waals surface area contributed by atoms with Crippen LogP contribution in [-0.2, 0) is 13.0 Å². The van der Waals surface area contributed by atoms with Crippen LogP contribution in [0, 0.1) is 0 Å². The predicted octanol–water partition coefficient (Wildman–Crippen LogP) is 4.76. The van der Waals surface area contributed by atoms with Gasteiger partial charge in [0, 0.05) is 17.8 Å². The van der Waals surface area contributed by atoms with E-state index >= 15 is 0 Å². The van der Waals surface area contributed by atoms with E-state index < -0.39 is 0 Å². The number of rotatable bonds is 7. The van der Waals surface area contributed by atoms with Gasteiger partial charge in [-0.05, 0) is 36.6 Å². The van der Waals surface area contributed by atoms with Crippen molar-refractivity contribution in [3.63, 3.8) is 0 Å². The average Bonchev–Trinajstić information content (AvgIpc) is 2.92. The van der Waals surface area contributed by atoms with Gasteiger partial charge < -0.3 is 10.1 Å². The number of benzene rings is 1. The maximum atomic E-state index is 6.09. The van der Waals surface area contributed by atoms with Crippen LogP contribution in [0.4, 0.5) is 5.13 Å². The van der Waals surface area contributed by atoms with Crippen LogP contribution in [0.5, 0.6) is 5.75 Å². The number of thiazole rings is 1.